The van der Waals surface area contributed by atoms with Gasteiger partial charge in [0.15, 0.2) is 11.5 Å². The summed E-state index contributed by atoms with van der Waals surface area (Å²) in [6.07, 6.45) is 3.48. The van der Waals surface area contributed by atoms with E-state index in [-0.39, 0.29) is 18.3 Å². The second kappa shape index (κ2) is 8.56. The number of anilines is 1. The van der Waals surface area contributed by atoms with Crippen LogP contribution in [-0.2, 0) is 11.8 Å². The molecule has 1 atom stereocenters. The number of nitrogens with zero attached hydrogens (tertiary/aromatic N) is 2. The molecule has 1 unspecified atom stereocenters. The van der Waals surface area contributed by atoms with E-state index in [9.17, 15) is 4.79 Å². The van der Waals surface area contributed by atoms with Crippen LogP contribution in [0.4, 0.5) is 5.69 Å². The summed E-state index contributed by atoms with van der Waals surface area (Å²) >= 11 is 0. The van der Waals surface area contributed by atoms with Gasteiger partial charge < -0.3 is 20.1 Å². The molecule has 0 aliphatic heterocycles. The molecule has 2 N–H and O–H groups in total. The van der Waals surface area contributed by atoms with E-state index in [1.807, 2.05) is 26.2 Å². The van der Waals surface area contributed by atoms with Gasteiger partial charge in [0.05, 0.1) is 20.4 Å². The molecular weight excluding hydrogens is 332 g/mol. The number of rotatable bonds is 6. The molecule has 0 saturated heterocycles. The Kier molecular flexibility index (Phi) is 7.06. The highest BCUT2D eigenvalue weighted by molar-refractivity contribution is 5.96. The average molecular weight is 355 g/mol. The topological polar surface area (TPSA) is 77.4 Å². The summed E-state index contributed by atoms with van der Waals surface area (Å²) in [5, 5.41) is 10.0. The van der Waals surface area contributed by atoms with Gasteiger partial charge in [-0.25, -0.2) is 0 Å². The van der Waals surface area contributed by atoms with Crippen molar-refractivity contribution < 1.29 is 14.3 Å². The summed E-state index contributed by atoms with van der Waals surface area (Å²) in [7, 11) is 6.69. The smallest absolute Gasteiger partial charge is 0.246 e. The van der Waals surface area contributed by atoms with Crippen LogP contribution in [0.25, 0.3) is 0 Å². The Bertz CT molecular complexity index is 703. The Morgan fingerprint density at radius 1 is 1.25 bits per heavy atom. The number of hydrogen-bond acceptors (Lipinski definition) is 5. The molecule has 0 fully saturated rings. The van der Waals surface area contributed by atoms with Crippen LogP contribution < -0.4 is 20.1 Å². The molecule has 0 bridgehead atoms. The van der Waals surface area contributed by atoms with Gasteiger partial charge in [-0.2, -0.15) is 5.10 Å². The number of amides is 1. The fourth-order valence-corrected chi connectivity index (χ4v) is 2.36. The number of halogens is 1. The lowest BCUT2D eigenvalue weighted by molar-refractivity contribution is -0.118. The molecule has 0 spiro atoms. The molecule has 2 aromatic rings. The summed E-state index contributed by atoms with van der Waals surface area (Å²) < 4.78 is 12.2. The van der Waals surface area contributed by atoms with Gasteiger partial charge in [-0.15, -0.1) is 12.4 Å². The van der Waals surface area contributed by atoms with Gasteiger partial charge >= 0.3 is 0 Å². The summed E-state index contributed by atoms with van der Waals surface area (Å²) in [5.41, 5.74) is 2.36. The fourth-order valence-electron chi connectivity index (χ4n) is 2.36. The molecule has 132 valence electrons. The number of likely N-dealkylation sites (N-methyl/N-ethyl adjacent to an activating group) is 1. The average Bonchev–Trinajstić information content (AvgIpc) is 2.95. The van der Waals surface area contributed by atoms with Crippen molar-refractivity contribution in [2.24, 2.45) is 7.05 Å². The minimum atomic E-state index is -0.490. The summed E-state index contributed by atoms with van der Waals surface area (Å²) in [6.45, 7) is 1.90. The summed E-state index contributed by atoms with van der Waals surface area (Å²) in [6, 6.07) is 3.09. The van der Waals surface area contributed by atoms with E-state index in [4.69, 9.17) is 9.47 Å². The number of nitrogens with one attached hydrogen (secondary N) is 2. The second-order valence-electron chi connectivity index (χ2n) is 5.18. The summed E-state index contributed by atoms with van der Waals surface area (Å²) in [4.78, 5) is 12.6. The zero-order chi connectivity index (χ0) is 17.0. The molecule has 24 heavy (non-hydrogen) atoms. The first kappa shape index (κ1) is 19.8. The molecule has 0 aliphatic rings. The third kappa shape index (κ3) is 4.18. The van der Waals surface area contributed by atoms with Crippen LogP contribution in [0.15, 0.2) is 24.5 Å². The highest BCUT2D eigenvalue weighted by Gasteiger charge is 2.21. The number of methoxy groups -OCH3 is 2. The number of carbonyl (C=O) groups is 1. The molecule has 8 heteroatoms. The van der Waals surface area contributed by atoms with Gasteiger partial charge in [-0.1, -0.05) is 0 Å². The van der Waals surface area contributed by atoms with Crippen LogP contribution in [-0.4, -0.2) is 37.0 Å². The van der Waals surface area contributed by atoms with Crippen molar-refractivity contribution in [1.82, 2.24) is 15.1 Å². The molecule has 1 aromatic heterocycles. The van der Waals surface area contributed by atoms with E-state index >= 15 is 0 Å². The molecule has 1 heterocycles. The summed E-state index contributed by atoms with van der Waals surface area (Å²) in [5.74, 6) is 1.02. The van der Waals surface area contributed by atoms with E-state index in [1.54, 1.807) is 38.2 Å². The number of carbonyl (C=O) groups excluding carboxylic acids is 1. The Labute approximate surface area is 147 Å². The molecule has 0 aliphatic carbocycles. The van der Waals surface area contributed by atoms with Crippen LogP contribution in [0.3, 0.4) is 0 Å². The Hall–Kier alpha value is -2.25. The van der Waals surface area contributed by atoms with E-state index in [2.05, 4.69) is 15.7 Å². The van der Waals surface area contributed by atoms with E-state index in [1.165, 1.54) is 0 Å². The van der Waals surface area contributed by atoms with Crippen molar-refractivity contribution in [2.45, 2.75) is 13.0 Å². The molecule has 0 radical (unpaired) electrons. The maximum atomic E-state index is 12.6. The predicted molar refractivity (Wildman–Crippen MR) is 95.2 cm³/mol. The van der Waals surface area contributed by atoms with E-state index < -0.39 is 6.04 Å². The predicted octanol–water partition coefficient (Wildman–Crippen LogP) is 2.07. The molecular formula is C16H23ClN4O3. The highest BCUT2D eigenvalue weighted by Crippen LogP contribution is 2.33. The van der Waals surface area contributed by atoms with Gasteiger partial charge in [0, 0.05) is 30.6 Å². The molecule has 1 amide bonds. The lowest BCUT2D eigenvalue weighted by Gasteiger charge is -2.17. The standard InChI is InChI=1S/C16H22N4O3.ClH/c1-10-6-13(22-4)14(23-5)7-12(10)19-16(21)15(17-2)11-8-18-20(3)9-11;/h6-9,15,17H,1-5H3,(H,19,21);1H. The fraction of sp³-hybridized carbons (Fsp3) is 0.375. The zero-order valence-electron chi connectivity index (χ0n) is 14.4. The third-order valence-electron chi connectivity index (χ3n) is 3.60. The van der Waals surface area contributed by atoms with Crippen molar-refractivity contribution in [3.05, 3.63) is 35.7 Å². The molecule has 2 rings (SSSR count). The molecule has 7 nitrogen and oxygen atoms in total. The maximum Gasteiger partial charge on any atom is 0.246 e. The van der Waals surface area contributed by atoms with Crippen molar-refractivity contribution in [3.8, 4) is 11.5 Å². The van der Waals surface area contributed by atoms with Crippen LogP contribution in [0, 0.1) is 6.92 Å². The van der Waals surface area contributed by atoms with E-state index in [0.717, 1.165) is 11.1 Å². The quantitative estimate of drug-likeness (QED) is 0.830. The monoisotopic (exact) mass is 354 g/mol. The minimum absolute atomic E-state index is 0. The van der Waals surface area contributed by atoms with Crippen LogP contribution in [0.1, 0.15) is 17.2 Å². The number of ether oxygens (including phenoxy) is 2. The molecule has 1 aromatic carbocycles. The van der Waals surface area contributed by atoms with Crippen molar-refractivity contribution in [3.63, 3.8) is 0 Å². The normalized spacial score (nSPS) is 11.4. The number of hydrogen-bond donors (Lipinski definition) is 2. The van der Waals surface area contributed by atoms with Gasteiger partial charge in [0.2, 0.25) is 5.91 Å². The van der Waals surface area contributed by atoms with Crippen LogP contribution in [0.2, 0.25) is 0 Å². The SMILES string of the molecule is CNC(C(=O)Nc1cc(OC)c(OC)cc1C)c1cnn(C)c1.Cl. The lowest BCUT2D eigenvalue weighted by atomic mass is 10.1. The third-order valence-corrected chi connectivity index (χ3v) is 3.60. The van der Waals surface area contributed by atoms with Gasteiger partial charge in [-0.3, -0.25) is 9.48 Å². The Morgan fingerprint density at radius 3 is 2.38 bits per heavy atom. The van der Waals surface area contributed by atoms with Crippen LogP contribution in [0.5, 0.6) is 11.5 Å². The van der Waals surface area contributed by atoms with Crippen molar-refractivity contribution in [1.29, 1.82) is 0 Å². The number of aromatic nitrogens is 2. The maximum absolute atomic E-state index is 12.6. The van der Waals surface area contributed by atoms with Crippen LogP contribution >= 0.6 is 12.4 Å². The van der Waals surface area contributed by atoms with Crippen molar-refractivity contribution in [2.75, 3.05) is 26.6 Å². The van der Waals surface area contributed by atoms with Crippen molar-refractivity contribution >= 4 is 24.0 Å². The number of benzene rings is 1. The molecule has 0 saturated carbocycles. The zero-order valence-corrected chi connectivity index (χ0v) is 15.2. The van der Waals surface area contributed by atoms with Gasteiger partial charge in [0.1, 0.15) is 6.04 Å². The first-order chi connectivity index (χ1) is 11.0. The largest absolute Gasteiger partial charge is 0.493 e. The first-order valence-corrected chi connectivity index (χ1v) is 7.19. The Morgan fingerprint density at radius 2 is 1.88 bits per heavy atom. The minimum Gasteiger partial charge on any atom is -0.493 e. The first-order valence-electron chi connectivity index (χ1n) is 7.19. The second-order valence-corrected chi connectivity index (χ2v) is 5.18. The van der Waals surface area contributed by atoms with Gasteiger partial charge in [0.25, 0.3) is 0 Å². The van der Waals surface area contributed by atoms with E-state index in [0.29, 0.717) is 17.2 Å². The van der Waals surface area contributed by atoms with Gasteiger partial charge in [-0.05, 0) is 25.6 Å². The Balaban J connectivity index is 0.00000288. The number of aryl methyl sites for hydroxylation is 2. The lowest BCUT2D eigenvalue weighted by Crippen LogP contribution is -2.30. The highest BCUT2D eigenvalue weighted by atomic mass is 35.5.